The maximum absolute atomic E-state index is 11.2. The standard InChI is InChI=1S/C8H13NO2/c1-5-4-7(10)8(11-3)6(2)9-5/h4,6,8-9H,1-3H3. The molecule has 0 aromatic rings. The average molecular weight is 155 g/mol. The van der Waals surface area contributed by atoms with Gasteiger partial charge in [-0.05, 0) is 13.8 Å². The first kappa shape index (κ1) is 8.27. The number of allylic oxidation sites excluding steroid dienone is 1. The molecule has 1 rings (SSSR count). The largest absolute Gasteiger partial charge is 0.383 e. The minimum Gasteiger partial charge on any atom is -0.383 e. The van der Waals surface area contributed by atoms with E-state index in [0.29, 0.717) is 0 Å². The van der Waals surface area contributed by atoms with Gasteiger partial charge in [0.1, 0.15) is 6.10 Å². The van der Waals surface area contributed by atoms with Crippen LogP contribution in [-0.2, 0) is 9.53 Å². The van der Waals surface area contributed by atoms with Gasteiger partial charge in [0, 0.05) is 18.9 Å². The molecule has 1 N–H and O–H groups in total. The summed E-state index contributed by atoms with van der Waals surface area (Å²) in [5.74, 6) is 0.0521. The molecule has 0 amide bonds. The third kappa shape index (κ3) is 1.60. The van der Waals surface area contributed by atoms with Gasteiger partial charge in [-0.25, -0.2) is 0 Å². The van der Waals surface area contributed by atoms with Gasteiger partial charge in [-0.15, -0.1) is 0 Å². The van der Waals surface area contributed by atoms with Gasteiger partial charge in [-0.2, -0.15) is 0 Å². The number of carbonyl (C=O) groups is 1. The van der Waals surface area contributed by atoms with Gasteiger partial charge in [0.2, 0.25) is 0 Å². The Hall–Kier alpha value is -0.830. The molecule has 1 aliphatic heterocycles. The van der Waals surface area contributed by atoms with Gasteiger partial charge in [0.05, 0.1) is 6.04 Å². The molecule has 0 spiro atoms. The van der Waals surface area contributed by atoms with E-state index >= 15 is 0 Å². The lowest BCUT2D eigenvalue weighted by Crippen LogP contribution is -2.45. The maximum Gasteiger partial charge on any atom is 0.188 e. The quantitative estimate of drug-likeness (QED) is 0.598. The smallest absolute Gasteiger partial charge is 0.188 e. The van der Waals surface area contributed by atoms with Crippen LogP contribution in [0.25, 0.3) is 0 Å². The molecule has 0 aromatic heterocycles. The van der Waals surface area contributed by atoms with E-state index in [1.165, 1.54) is 0 Å². The van der Waals surface area contributed by atoms with Gasteiger partial charge in [0.25, 0.3) is 0 Å². The number of ketones is 1. The summed E-state index contributed by atoms with van der Waals surface area (Å²) in [5, 5.41) is 3.13. The summed E-state index contributed by atoms with van der Waals surface area (Å²) < 4.78 is 5.01. The summed E-state index contributed by atoms with van der Waals surface area (Å²) in [5.41, 5.74) is 0.913. The molecule has 0 aromatic carbocycles. The van der Waals surface area contributed by atoms with Crippen LogP contribution >= 0.6 is 0 Å². The van der Waals surface area contributed by atoms with Crippen LogP contribution in [-0.4, -0.2) is 25.0 Å². The minimum absolute atomic E-state index is 0.0521. The number of ether oxygens (including phenoxy) is 1. The molecule has 0 aliphatic carbocycles. The second-order valence-corrected chi connectivity index (χ2v) is 2.82. The minimum atomic E-state index is -0.321. The SMILES string of the molecule is COC1C(=O)C=C(C)NC1C. The Bertz CT molecular complexity index is 198. The Morgan fingerprint density at radius 3 is 2.73 bits per heavy atom. The Morgan fingerprint density at radius 1 is 1.64 bits per heavy atom. The van der Waals surface area contributed by atoms with E-state index in [1.54, 1.807) is 13.2 Å². The first-order valence-corrected chi connectivity index (χ1v) is 3.66. The molecular formula is C8H13NO2. The second kappa shape index (κ2) is 3.05. The van der Waals surface area contributed by atoms with Crippen LogP contribution in [0.3, 0.4) is 0 Å². The Labute approximate surface area is 66.4 Å². The van der Waals surface area contributed by atoms with Gasteiger partial charge in [-0.1, -0.05) is 0 Å². The van der Waals surface area contributed by atoms with Crippen molar-refractivity contribution in [3.05, 3.63) is 11.8 Å². The van der Waals surface area contributed by atoms with Crippen LogP contribution in [0.4, 0.5) is 0 Å². The highest BCUT2D eigenvalue weighted by Crippen LogP contribution is 2.09. The zero-order valence-electron chi connectivity index (χ0n) is 7.05. The van der Waals surface area contributed by atoms with Crippen LogP contribution in [0.5, 0.6) is 0 Å². The highest BCUT2D eigenvalue weighted by Gasteiger charge is 2.26. The Kier molecular flexibility index (Phi) is 2.29. The fraction of sp³-hybridized carbons (Fsp3) is 0.625. The molecule has 2 unspecified atom stereocenters. The van der Waals surface area contributed by atoms with Gasteiger partial charge < -0.3 is 10.1 Å². The van der Waals surface area contributed by atoms with Crippen molar-refractivity contribution in [3.8, 4) is 0 Å². The number of hydrogen-bond acceptors (Lipinski definition) is 3. The predicted octanol–water partition coefficient (Wildman–Crippen LogP) is 0.466. The van der Waals surface area contributed by atoms with Crippen molar-refractivity contribution in [2.75, 3.05) is 7.11 Å². The summed E-state index contributed by atoms with van der Waals surface area (Å²) in [7, 11) is 1.55. The van der Waals surface area contributed by atoms with Gasteiger partial charge >= 0.3 is 0 Å². The summed E-state index contributed by atoms with van der Waals surface area (Å²) in [6, 6.07) is 0.0810. The molecule has 2 atom stereocenters. The number of methoxy groups -OCH3 is 1. The van der Waals surface area contributed by atoms with Crippen LogP contribution in [0.2, 0.25) is 0 Å². The molecule has 0 saturated heterocycles. The van der Waals surface area contributed by atoms with Crippen LogP contribution in [0, 0.1) is 0 Å². The molecule has 1 aliphatic rings. The van der Waals surface area contributed by atoms with E-state index < -0.39 is 0 Å². The Morgan fingerprint density at radius 2 is 2.27 bits per heavy atom. The molecule has 0 fully saturated rings. The van der Waals surface area contributed by atoms with Crippen molar-refractivity contribution in [2.24, 2.45) is 0 Å². The monoisotopic (exact) mass is 155 g/mol. The summed E-state index contributed by atoms with van der Waals surface area (Å²) >= 11 is 0. The van der Waals surface area contributed by atoms with Crippen molar-refractivity contribution in [3.63, 3.8) is 0 Å². The first-order valence-electron chi connectivity index (χ1n) is 3.66. The molecule has 11 heavy (non-hydrogen) atoms. The third-order valence-corrected chi connectivity index (χ3v) is 1.80. The molecule has 1 heterocycles. The van der Waals surface area contributed by atoms with E-state index in [0.717, 1.165) is 5.70 Å². The fourth-order valence-electron chi connectivity index (χ4n) is 1.34. The summed E-state index contributed by atoms with van der Waals surface area (Å²) in [6.45, 7) is 3.81. The lowest BCUT2D eigenvalue weighted by molar-refractivity contribution is -0.126. The van der Waals surface area contributed by atoms with Crippen molar-refractivity contribution < 1.29 is 9.53 Å². The number of rotatable bonds is 1. The molecule has 0 radical (unpaired) electrons. The third-order valence-electron chi connectivity index (χ3n) is 1.80. The highest BCUT2D eigenvalue weighted by atomic mass is 16.5. The van der Waals surface area contributed by atoms with E-state index in [1.807, 2.05) is 13.8 Å². The van der Waals surface area contributed by atoms with E-state index in [2.05, 4.69) is 5.32 Å². The normalized spacial score (nSPS) is 31.2. The molecular weight excluding hydrogens is 142 g/mol. The number of hydrogen-bond donors (Lipinski definition) is 1. The highest BCUT2D eigenvalue weighted by molar-refractivity contribution is 5.95. The van der Waals surface area contributed by atoms with Gasteiger partial charge in [-0.3, -0.25) is 4.79 Å². The molecule has 3 heteroatoms. The molecule has 0 saturated carbocycles. The number of nitrogens with one attached hydrogen (secondary N) is 1. The summed E-state index contributed by atoms with van der Waals surface area (Å²) in [4.78, 5) is 11.2. The van der Waals surface area contributed by atoms with Crippen LogP contribution in [0.15, 0.2) is 11.8 Å². The van der Waals surface area contributed by atoms with Crippen LogP contribution < -0.4 is 5.32 Å². The molecule has 62 valence electrons. The Balaban J connectivity index is 2.77. The number of carbonyl (C=O) groups excluding carboxylic acids is 1. The molecule has 0 bridgehead atoms. The average Bonchev–Trinajstić information content (AvgIpc) is 1.85. The zero-order chi connectivity index (χ0) is 8.43. The van der Waals surface area contributed by atoms with E-state index in [-0.39, 0.29) is 17.9 Å². The van der Waals surface area contributed by atoms with E-state index in [9.17, 15) is 4.79 Å². The van der Waals surface area contributed by atoms with Crippen molar-refractivity contribution in [1.82, 2.24) is 5.32 Å². The lowest BCUT2D eigenvalue weighted by atomic mass is 10.0. The van der Waals surface area contributed by atoms with Gasteiger partial charge in [0.15, 0.2) is 5.78 Å². The van der Waals surface area contributed by atoms with E-state index in [4.69, 9.17) is 4.74 Å². The van der Waals surface area contributed by atoms with Crippen molar-refractivity contribution in [2.45, 2.75) is 26.0 Å². The lowest BCUT2D eigenvalue weighted by Gasteiger charge is -2.26. The van der Waals surface area contributed by atoms with Crippen molar-refractivity contribution in [1.29, 1.82) is 0 Å². The first-order chi connectivity index (χ1) is 5.15. The topological polar surface area (TPSA) is 38.3 Å². The zero-order valence-corrected chi connectivity index (χ0v) is 7.05. The summed E-state index contributed by atoms with van der Waals surface area (Å²) in [6.07, 6.45) is 1.26. The predicted molar refractivity (Wildman–Crippen MR) is 42.2 cm³/mol. The maximum atomic E-state index is 11.2. The van der Waals surface area contributed by atoms with Crippen molar-refractivity contribution >= 4 is 5.78 Å². The fourth-order valence-corrected chi connectivity index (χ4v) is 1.34. The second-order valence-electron chi connectivity index (χ2n) is 2.82. The molecule has 3 nitrogen and oxygen atoms in total. The van der Waals surface area contributed by atoms with Crippen LogP contribution in [0.1, 0.15) is 13.8 Å².